The molecule has 1 spiro atoms. The van der Waals surface area contributed by atoms with Crippen LogP contribution in [0.25, 0.3) is 0 Å². The highest BCUT2D eigenvalue weighted by Crippen LogP contribution is 2.38. The Morgan fingerprint density at radius 3 is 2.75 bits per heavy atom. The van der Waals surface area contributed by atoms with Crippen molar-refractivity contribution in [2.45, 2.75) is 44.2 Å². The van der Waals surface area contributed by atoms with Gasteiger partial charge in [-0.25, -0.2) is 0 Å². The van der Waals surface area contributed by atoms with Gasteiger partial charge >= 0.3 is 0 Å². The summed E-state index contributed by atoms with van der Waals surface area (Å²) >= 11 is 0. The first kappa shape index (κ1) is 12.3. The lowest BCUT2D eigenvalue weighted by atomic mass is 9.81. The van der Waals surface area contributed by atoms with Crippen molar-refractivity contribution >= 4 is 0 Å². The highest BCUT2D eigenvalue weighted by Gasteiger charge is 2.45. The van der Waals surface area contributed by atoms with E-state index in [2.05, 4.69) is 36.1 Å². The zero-order valence-corrected chi connectivity index (χ0v) is 11.1. The molecule has 94 valence electrons. The summed E-state index contributed by atoms with van der Waals surface area (Å²) in [5, 5.41) is 3.68. The van der Waals surface area contributed by atoms with E-state index in [9.17, 15) is 0 Å². The van der Waals surface area contributed by atoms with Gasteiger partial charge in [-0.2, -0.15) is 0 Å². The number of likely N-dealkylation sites (tertiary alicyclic amines) is 1. The van der Waals surface area contributed by atoms with Gasteiger partial charge in [0, 0.05) is 24.7 Å². The monoisotopic (exact) mass is 225 g/mol. The molecule has 2 unspecified atom stereocenters. The maximum Gasteiger partial charge on any atom is 0.0361 e. The quantitative estimate of drug-likeness (QED) is 0.777. The predicted octanol–water partition coefficient (Wildman–Crippen LogP) is 1.15. The Bertz CT molecular complexity index is 229. The lowest BCUT2D eigenvalue weighted by Crippen LogP contribution is -2.60. The minimum atomic E-state index is 0.480. The minimum absolute atomic E-state index is 0.480. The Labute approximate surface area is 100 Å². The van der Waals surface area contributed by atoms with Gasteiger partial charge in [0.05, 0.1) is 0 Å². The van der Waals surface area contributed by atoms with Crippen molar-refractivity contribution in [1.82, 2.24) is 15.1 Å². The topological polar surface area (TPSA) is 18.5 Å². The summed E-state index contributed by atoms with van der Waals surface area (Å²) in [7, 11) is 4.34. The predicted molar refractivity (Wildman–Crippen MR) is 68.8 cm³/mol. The summed E-state index contributed by atoms with van der Waals surface area (Å²) in [6.07, 6.45) is 5.53. The Kier molecular flexibility index (Phi) is 3.88. The number of rotatable bonds is 3. The summed E-state index contributed by atoms with van der Waals surface area (Å²) in [5.41, 5.74) is 0.480. The van der Waals surface area contributed by atoms with E-state index in [0.717, 1.165) is 0 Å². The van der Waals surface area contributed by atoms with E-state index < -0.39 is 0 Å². The van der Waals surface area contributed by atoms with E-state index in [0.29, 0.717) is 11.6 Å². The van der Waals surface area contributed by atoms with Crippen LogP contribution in [0.1, 0.15) is 32.6 Å². The number of hydrogen-bond acceptors (Lipinski definition) is 3. The summed E-state index contributed by atoms with van der Waals surface area (Å²) in [4.78, 5) is 5.05. The number of piperidine rings is 1. The molecule has 3 nitrogen and oxygen atoms in total. The van der Waals surface area contributed by atoms with Gasteiger partial charge < -0.3 is 10.2 Å². The number of hydrogen-bond donors (Lipinski definition) is 1. The van der Waals surface area contributed by atoms with Crippen LogP contribution in [0, 0.1) is 0 Å². The first-order valence-corrected chi connectivity index (χ1v) is 6.78. The highest BCUT2D eigenvalue weighted by atomic mass is 15.3. The van der Waals surface area contributed by atoms with Crippen LogP contribution in [-0.4, -0.2) is 61.7 Å². The molecule has 0 saturated carbocycles. The zero-order chi connectivity index (χ0) is 11.6. The van der Waals surface area contributed by atoms with Crippen molar-refractivity contribution in [2.75, 3.05) is 40.3 Å². The van der Waals surface area contributed by atoms with Crippen LogP contribution in [0.15, 0.2) is 0 Å². The van der Waals surface area contributed by atoms with E-state index in [1.54, 1.807) is 0 Å². The largest absolute Gasteiger partial charge is 0.312 e. The first-order chi connectivity index (χ1) is 7.65. The molecular formula is C13H27N3. The molecule has 0 aromatic heterocycles. The van der Waals surface area contributed by atoms with Crippen LogP contribution < -0.4 is 5.32 Å². The van der Waals surface area contributed by atoms with E-state index in [1.165, 1.54) is 51.9 Å². The second-order valence-electron chi connectivity index (χ2n) is 5.78. The molecule has 1 N–H and O–H groups in total. The zero-order valence-electron chi connectivity index (χ0n) is 11.1. The minimum Gasteiger partial charge on any atom is -0.312 e. The van der Waals surface area contributed by atoms with E-state index in [1.807, 2.05) is 0 Å². The standard InChI is InChI=1S/C13H27N3/c1-12-13(6-4-8-14-12)7-5-9-16(13)11-10-15(2)3/h12,14H,4-11H2,1-3H3. The van der Waals surface area contributed by atoms with Crippen molar-refractivity contribution in [3.8, 4) is 0 Å². The van der Waals surface area contributed by atoms with Gasteiger partial charge in [0.1, 0.15) is 0 Å². The molecule has 2 fully saturated rings. The van der Waals surface area contributed by atoms with Crippen LogP contribution in [0.4, 0.5) is 0 Å². The second-order valence-corrected chi connectivity index (χ2v) is 5.78. The summed E-state index contributed by atoms with van der Waals surface area (Å²) in [6.45, 7) is 7.32. The normalized spacial score (nSPS) is 36.4. The molecular weight excluding hydrogens is 198 g/mol. The number of likely N-dealkylation sites (N-methyl/N-ethyl adjacent to an activating group) is 1. The number of nitrogens with one attached hydrogen (secondary N) is 1. The van der Waals surface area contributed by atoms with Crippen molar-refractivity contribution in [3.63, 3.8) is 0 Å². The smallest absolute Gasteiger partial charge is 0.0361 e. The molecule has 0 radical (unpaired) electrons. The Hall–Kier alpha value is -0.120. The van der Waals surface area contributed by atoms with Gasteiger partial charge in [0.2, 0.25) is 0 Å². The number of nitrogens with zero attached hydrogens (tertiary/aromatic N) is 2. The molecule has 2 aliphatic rings. The average molecular weight is 225 g/mol. The lowest BCUT2D eigenvalue weighted by Gasteiger charge is -2.47. The molecule has 2 heterocycles. The fraction of sp³-hybridized carbons (Fsp3) is 1.00. The van der Waals surface area contributed by atoms with Gasteiger partial charge in [0.15, 0.2) is 0 Å². The molecule has 2 saturated heterocycles. The van der Waals surface area contributed by atoms with Crippen molar-refractivity contribution in [3.05, 3.63) is 0 Å². The van der Waals surface area contributed by atoms with E-state index in [-0.39, 0.29) is 0 Å². The molecule has 3 heteroatoms. The molecule has 0 amide bonds. The third-order valence-corrected chi connectivity index (χ3v) is 4.53. The van der Waals surface area contributed by atoms with Gasteiger partial charge in [0.25, 0.3) is 0 Å². The second kappa shape index (κ2) is 5.03. The molecule has 2 rings (SSSR count). The van der Waals surface area contributed by atoms with Crippen molar-refractivity contribution < 1.29 is 0 Å². The van der Waals surface area contributed by atoms with Crippen LogP contribution >= 0.6 is 0 Å². The molecule has 0 aliphatic carbocycles. The first-order valence-electron chi connectivity index (χ1n) is 6.78. The maximum absolute atomic E-state index is 3.68. The van der Waals surface area contributed by atoms with Gasteiger partial charge in [-0.15, -0.1) is 0 Å². The molecule has 0 aromatic rings. The molecule has 0 bridgehead atoms. The molecule has 2 aliphatic heterocycles. The van der Waals surface area contributed by atoms with Gasteiger partial charge in [-0.3, -0.25) is 4.90 Å². The van der Waals surface area contributed by atoms with Crippen LogP contribution in [0.5, 0.6) is 0 Å². The van der Waals surface area contributed by atoms with Gasteiger partial charge in [-0.05, 0) is 59.8 Å². The summed E-state index contributed by atoms with van der Waals surface area (Å²) in [6, 6.07) is 0.672. The Balaban J connectivity index is 2.00. The lowest BCUT2D eigenvalue weighted by molar-refractivity contribution is 0.0627. The fourth-order valence-electron chi connectivity index (χ4n) is 3.51. The average Bonchev–Trinajstić information content (AvgIpc) is 2.64. The molecule has 2 atom stereocenters. The van der Waals surface area contributed by atoms with Crippen LogP contribution in [-0.2, 0) is 0 Å². The van der Waals surface area contributed by atoms with Crippen LogP contribution in [0.2, 0.25) is 0 Å². The molecule has 0 aromatic carbocycles. The van der Waals surface area contributed by atoms with E-state index >= 15 is 0 Å². The van der Waals surface area contributed by atoms with Gasteiger partial charge in [-0.1, -0.05) is 0 Å². The summed E-state index contributed by atoms with van der Waals surface area (Å²) < 4.78 is 0. The third kappa shape index (κ3) is 2.27. The van der Waals surface area contributed by atoms with Crippen molar-refractivity contribution in [2.24, 2.45) is 0 Å². The fourth-order valence-corrected chi connectivity index (χ4v) is 3.51. The van der Waals surface area contributed by atoms with E-state index in [4.69, 9.17) is 0 Å². The molecule has 16 heavy (non-hydrogen) atoms. The maximum atomic E-state index is 3.68. The third-order valence-electron chi connectivity index (χ3n) is 4.53. The SMILES string of the molecule is CC1NCCCC12CCCN2CCN(C)C. The Morgan fingerprint density at radius 2 is 2.06 bits per heavy atom. The van der Waals surface area contributed by atoms with Crippen molar-refractivity contribution in [1.29, 1.82) is 0 Å². The van der Waals surface area contributed by atoms with Crippen LogP contribution in [0.3, 0.4) is 0 Å². The highest BCUT2D eigenvalue weighted by molar-refractivity contribution is 5.04. The summed E-state index contributed by atoms with van der Waals surface area (Å²) in [5.74, 6) is 0. The Morgan fingerprint density at radius 1 is 1.31 bits per heavy atom.